The summed E-state index contributed by atoms with van der Waals surface area (Å²) >= 11 is 9.96. The first-order valence-electron chi connectivity index (χ1n) is 4.68. The van der Waals surface area contributed by atoms with Crippen molar-refractivity contribution in [1.82, 2.24) is 0 Å². The fourth-order valence-electron chi connectivity index (χ4n) is 1.31. The lowest BCUT2D eigenvalue weighted by Gasteiger charge is -1.95. The van der Waals surface area contributed by atoms with Crippen LogP contribution in [0.25, 0.3) is 0 Å². The van der Waals surface area contributed by atoms with Gasteiger partial charge in [0.05, 0.1) is 12.4 Å². The van der Waals surface area contributed by atoms with Gasteiger partial charge < -0.3 is 0 Å². The summed E-state index contributed by atoms with van der Waals surface area (Å²) in [6.45, 7) is 0. The highest BCUT2D eigenvalue weighted by molar-refractivity contribution is 9.11. The maximum absolute atomic E-state index is 11.8. The molecule has 2 aromatic heterocycles. The normalized spacial score (nSPS) is 10.6. The van der Waals surface area contributed by atoms with Crippen molar-refractivity contribution in [3.8, 4) is 0 Å². The maximum Gasteiger partial charge on any atom is 0.173 e. The van der Waals surface area contributed by atoms with Gasteiger partial charge in [0.1, 0.15) is 0 Å². The molecule has 0 N–H and O–H groups in total. The zero-order valence-electron chi connectivity index (χ0n) is 8.20. The van der Waals surface area contributed by atoms with Crippen LogP contribution in [0.5, 0.6) is 0 Å². The molecule has 0 bridgehead atoms. The predicted octanol–water partition coefficient (Wildman–Crippen LogP) is 5.15. The maximum atomic E-state index is 11.8. The average Bonchev–Trinajstić information content (AvgIpc) is 2.84. The van der Waals surface area contributed by atoms with Crippen LogP contribution in [0.4, 0.5) is 0 Å². The van der Waals surface area contributed by atoms with Crippen molar-refractivity contribution >= 4 is 60.3 Å². The number of hydrogen-bond donors (Lipinski definition) is 0. The Balaban J connectivity index is 1.93. The van der Waals surface area contributed by atoms with Crippen molar-refractivity contribution in [2.75, 3.05) is 0 Å². The second-order valence-corrected chi connectivity index (χ2v) is 8.24. The van der Waals surface area contributed by atoms with E-state index in [0.717, 1.165) is 18.9 Å². The minimum Gasteiger partial charge on any atom is -0.293 e. The highest BCUT2D eigenvalue weighted by Crippen LogP contribution is 2.26. The monoisotopic (exact) mass is 378 g/mol. The van der Waals surface area contributed by atoms with E-state index in [0.29, 0.717) is 6.42 Å². The molecule has 0 aliphatic rings. The van der Waals surface area contributed by atoms with Crippen LogP contribution in [0, 0.1) is 0 Å². The lowest BCUT2D eigenvalue weighted by Crippen LogP contribution is -1.97. The molecule has 0 radical (unpaired) electrons. The standard InChI is InChI=1S/C11H8Br2OS2/c12-10-5-2-7(15-10)1-3-8(14)9-4-6-11(13)16-9/h2,4-6H,1,3H2. The third kappa shape index (κ3) is 3.26. The summed E-state index contributed by atoms with van der Waals surface area (Å²) in [5.74, 6) is 0.222. The third-order valence-corrected chi connectivity index (χ3v) is 5.42. The lowest BCUT2D eigenvalue weighted by atomic mass is 10.2. The summed E-state index contributed by atoms with van der Waals surface area (Å²) in [5, 5.41) is 0. The molecular formula is C11H8Br2OS2. The summed E-state index contributed by atoms with van der Waals surface area (Å²) in [6.07, 6.45) is 1.41. The summed E-state index contributed by atoms with van der Waals surface area (Å²) in [6, 6.07) is 7.87. The largest absolute Gasteiger partial charge is 0.293 e. The van der Waals surface area contributed by atoms with Crippen LogP contribution in [0.1, 0.15) is 21.0 Å². The second kappa shape index (κ2) is 5.58. The summed E-state index contributed by atoms with van der Waals surface area (Å²) in [7, 11) is 0. The molecule has 2 heterocycles. The minimum absolute atomic E-state index is 0.222. The van der Waals surface area contributed by atoms with E-state index in [1.165, 1.54) is 16.2 Å². The van der Waals surface area contributed by atoms with Crippen LogP contribution >= 0.6 is 54.5 Å². The molecule has 2 aromatic rings. The highest BCUT2D eigenvalue weighted by Gasteiger charge is 2.09. The highest BCUT2D eigenvalue weighted by atomic mass is 79.9. The van der Waals surface area contributed by atoms with Crippen molar-refractivity contribution in [1.29, 1.82) is 0 Å². The smallest absolute Gasteiger partial charge is 0.173 e. The molecule has 0 amide bonds. The Kier molecular flexibility index (Phi) is 4.35. The van der Waals surface area contributed by atoms with Gasteiger partial charge in [-0.1, -0.05) is 0 Å². The van der Waals surface area contributed by atoms with Gasteiger partial charge >= 0.3 is 0 Å². The van der Waals surface area contributed by atoms with Crippen LogP contribution in [0.15, 0.2) is 31.8 Å². The Morgan fingerprint density at radius 3 is 2.31 bits per heavy atom. The Labute approximate surface area is 119 Å². The van der Waals surface area contributed by atoms with E-state index in [1.54, 1.807) is 11.3 Å². The molecule has 1 nitrogen and oxygen atoms in total. The Bertz CT molecular complexity index is 502. The molecule has 5 heteroatoms. The molecule has 0 atom stereocenters. The zero-order valence-corrected chi connectivity index (χ0v) is 13.0. The van der Waals surface area contributed by atoms with E-state index in [9.17, 15) is 4.79 Å². The van der Waals surface area contributed by atoms with Gasteiger partial charge in [-0.15, -0.1) is 22.7 Å². The van der Waals surface area contributed by atoms with Gasteiger partial charge in [0.25, 0.3) is 0 Å². The number of thiophene rings is 2. The Morgan fingerprint density at radius 2 is 1.75 bits per heavy atom. The molecule has 0 saturated heterocycles. The molecular weight excluding hydrogens is 372 g/mol. The van der Waals surface area contributed by atoms with E-state index < -0.39 is 0 Å². The molecule has 0 fully saturated rings. The summed E-state index contributed by atoms with van der Waals surface area (Å²) in [5.41, 5.74) is 0. The number of rotatable bonds is 4. The first-order chi connectivity index (χ1) is 7.65. The van der Waals surface area contributed by atoms with E-state index in [2.05, 4.69) is 37.9 Å². The number of Topliss-reactive ketones (excluding diaryl/α,β-unsaturated/α-hetero) is 1. The molecule has 2 rings (SSSR count). The third-order valence-electron chi connectivity index (χ3n) is 2.08. The van der Waals surface area contributed by atoms with Crippen LogP contribution in [-0.2, 0) is 6.42 Å². The van der Waals surface area contributed by atoms with Crippen LogP contribution < -0.4 is 0 Å². The molecule has 84 valence electrons. The fourth-order valence-corrected chi connectivity index (χ4v) is 4.15. The van der Waals surface area contributed by atoms with Crippen molar-refractivity contribution < 1.29 is 4.79 Å². The van der Waals surface area contributed by atoms with Gasteiger partial charge in [0, 0.05) is 11.3 Å². The number of halogens is 2. The number of hydrogen-bond acceptors (Lipinski definition) is 3. The molecule has 16 heavy (non-hydrogen) atoms. The minimum atomic E-state index is 0.222. The van der Waals surface area contributed by atoms with Crippen LogP contribution in [0.3, 0.4) is 0 Å². The number of carbonyl (C=O) groups excluding carboxylic acids is 1. The van der Waals surface area contributed by atoms with E-state index in [1.807, 2.05) is 18.2 Å². The van der Waals surface area contributed by atoms with Gasteiger partial charge in [-0.2, -0.15) is 0 Å². The molecule has 0 saturated carbocycles. The van der Waals surface area contributed by atoms with Gasteiger partial charge in [-0.25, -0.2) is 0 Å². The second-order valence-electron chi connectivity index (χ2n) is 3.23. The topological polar surface area (TPSA) is 17.1 Å². The van der Waals surface area contributed by atoms with Gasteiger partial charge in [0.2, 0.25) is 0 Å². The van der Waals surface area contributed by atoms with Crippen LogP contribution in [-0.4, -0.2) is 5.78 Å². The molecule has 0 unspecified atom stereocenters. The lowest BCUT2D eigenvalue weighted by molar-refractivity contribution is 0.0987. The van der Waals surface area contributed by atoms with Gasteiger partial charge in [-0.05, 0) is 62.5 Å². The first-order valence-corrected chi connectivity index (χ1v) is 7.90. The predicted molar refractivity (Wildman–Crippen MR) is 76.7 cm³/mol. The Morgan fingerprint density at radius 1 is 1.06 bits per heavy atom. The van der Waals surface area contributed by atoms with Crippen molar-refractivity contribution in [2.24, 2.45) is 0 Å². The van der Waals surface area contributed by atoms with Gasteiger partial charge in [0.15, 0.2) is 5.78 Å². The summed E-state index contributed by atoms with van der Waals surface area (Å²) in [4.78, 5) is 13.9. The number of ketones is 1. The Hall–Kier alpha value is 0.0300. The SMILES string of the molecule is O=C(CCc1ccc(Br)s1)c1ccc(Br)s1. The van der Waals surface area contributed by atoms with Gasteiger partial charge in [-0.3, -0.25) is 4.79 Å². The molecule has 0 spiro atoms. The van der Waals surface area contributed by atoms with Crippen molar-refractivity contribution in [2.45, 2.75) is 12.8 Å². The van der Waals surface area contributed by atoms with Crippen molar-refractivity contribution in [3.05, 3.63) is 41.6 Å². The zero-order chi connectivity index (χ0) is 11.5. The summed E-state index contributed by atoms with van der Waals surface area (Å²) < 4.78 is 2.13. The molecule has 0 aliphatic heterocycles. The van der Waals surface area contributed by atoms with Crippen LogP contribution in [0.2, 0.25) is 0 Å². The number of carbonyl (C=O) groups is 1. The van der Waals surface area contributed by atoms with E-state index in [4.69, 9.17) is 0 Å². The molecule has 0 aromatic carbocycles. The van der Waals surface area contributed by atoms with E-state index in [-0.39, 0.29) is 5.78 Å². The number of aryl methyl sites for hydroxylation is 1. The fraction of sp³-hybridized carbons (Fsp3) is 0.182. The quantitative estimate of drug-likeness (QED) is 0.671. The average molecular weight is 380 g/mol. The van der Waals surface area contributed by atoms with Crippen molar-refractivity contribution in [3.63, 3.8) is 0 Å². The molecule has 0 aliphatic carbocycles. The van der Waals surface area contributed by atoms with E-state index >= 15 is 0 Å². The first kappa shape index (κ1) is 12.5.